The Hall–Kier alpha value is -0.665. The highest BCUT2D eigenvalue weighted by atomic mass is 16.6. The molecule has 0 N–H and O–H groups in total. The molecular formula is C15H26BNO2. The highest BCUT2D eigenvalue weighted by molar-refractivity contribution is 6.11. The second-order valence-corrected chi connectivity index (χ2v) is 6.80. The van der Waals surface area contributed by atoms with Gasteiger partial charge >= 0.3 is 6.09 Å². The number of carbonyl (C=O) groups excluding carboxylic acids is 1. The molecule has 1 heterocycles. The van der Waals surface area contributed by atoms with Crippen LogP contribution in [0.1, 0.15) is 53.4 Å². The van der Waals surface area contributed by atoms with Gasteiger partial charge in [-0.25, -0.2) is 4.79 Å². The van der Waals surface area contributed by atoms with E-state index in [4.69, 9.17) is 12.6 Å². The lowest BCUT2D eigenvalue weighted by atomic mass is 9.69. The Balaban J connectivity index is 2.13. The first-order valence-corrected chi connectivity index (χ1v) is 7.64. The summed E-state index contributed by atoms with van der Waals surface area (Å²) in [6.45, 7) is 8.66. The van der Waals surface area contributed by atoms with Crippen LogP contribution in [0.3, 0.4) is 0 Å². The maximum Gasteiger partial charge on any atom is 0.410 e. The molecular weight excluding hydrogens is 237 g/mol. The van der Waals surface area contributed by atoms with Crippen LogP contribution in [0.25, 0.3) is 0 Å². The maximum atomic E-state index is 12.0. The summed E-state index contributed by atoms with van der Waals surface area (Å²) in [5, 5.41) is 0. The Kier molecular flexibility index (Phi) is 4.47. The third kappa shape index (κ3) is 3.09. The number of carbonyl (C=O) groups is 1. The van der Waals surface area contributed by atoms with Crippen LogP contribution >= 0.6 is 0 Å². The fourth-order valence-corrected chi connectivity index (χ4v) is 3.60. The standard InChI is InChI=1S/C15H26BNO2/c1-9(2)11-5-6-13-14(8-12(16)7-11)19-15(18)17(13)10(3)4/h9-14H,5-8H2,1-4H3. The molecule has 0 spiro atoms. The smallest absolute Gasteiger partial charge is 0.410 e. The summed E-state index contributed by atoms with van der Waals surface area (Å²) in [6.07, 6.45) is 3.90. The van der Waals surface area contributed by atoms with Gasteiger partial charge in [-0.1, -0.05) is 26.1 Å². The predicted octanol–water partition coefficient (Wildman–Crippen LogP) is 3.39. The van der Waals surface area contributed by atoms with E-state index in [2.05, 4.69) is 27.7 Å². The van der Waals surface area contributed by atoms with Crippen LogP contribution in [0.2, 0.25) is 5.82 Å². The molecule has 4 atom stereocenters. The molecule has 2 rings (SSSR count). The Morgan fingerprint density at radius 2 is 1.89 bits per heavy atom. The molecule has 0 aromatic carbocycles. The van der Waals surface area contributed by atoms with Gasteiger partial charge in [0.1, 0.15) is 6.10 Å². The van der Waals surface area contributed by atoms with Crippen molar-refractivity contribution < 1.29 is 9.53 Å². The third-order valence-electron chi connectivity index (χ3n) is 4.72. The first-order valence-electron chi connectivity index (χ1n) is 7.64. The number of amides is 1. The maximum absolute atomic E-state index is 12.0. The first kappa shape index (κ1) is 14.7. The zero-order chi connectivity index (χ0) is 14.2. The Morgan fingerprint density at radius 3 is 2.47 bits per heavy atom. The molecule has 1 amide bonds. The molecule has 2 radical (unpaired) electrons. The van der Waals surface area contributed by atoms with E-state index in [-0.39, 0.29) is 30.1 Å². The second kappa shape index (κ2) is 5.76. The lowest BCUT2D eigenvalue weighted by Gasteiger charge is -2.34. The van der Waals surface area contributed by atoms with Gasteiger partial charge in [0.05, 0.1) is 13.9 Å². The minimum Gasteiger partial charge on any atom is -0.444 e. The summed E-state index contributed by atoms with van der Waals surface area (Å²) >= 11 is 0. The number of hydrogen-bond acceptors (Lipinski definition) is 2. The molecule has 0 bridgehead atoms. The number of hydrogen-bond donors (Lipinski definition) is 0. The fourth-order valence-electron chi connectivity index (χ4n) is 3.60. The zero-order valence-electron chi connectivity index (χ0n) is 12.6. The Morgan fingerprint density at radius 1 is 1.21 bits per heavy atom. The number of ether oxygens (including phenoxy) is 1. The van der Waals surface area contributed by atoms with Gasteiger partial charge in [0.2, 0.25) is 0 Å². The lowest BCUT2D eigenvalue weighted by Crippen LogP contribution is -2.42. The molecule has 2 aliphatic rings. The van der Waals surface area contributed by atoms with E-state index >= 15 is 0 Å². The topological polar surface area (TPSA) is 29.5 Å². The fraction of sp³-hybridized carbons (Fsp3) is 0.933. The van der Waals surface area contributed by atoms with Crippen molar-refractivity contribution in [3.05, 3.63) is 0 Å². The number of nitrogens with zero attached hydrogens (tertiary/aromatic N) is 1. The summed E-state index contributed by atoms with van der Waals surface area (Å²) in [4.78, 5) is 13.9. The van der Waals surface area contributed by atoms with E-state index < -0.39 is 0 Å². The highest BCUT2D eigenvalue weighted by Gasteiger charge is 2.44. The molecule has 2 fully saturated rings. The molecule has 1 aliphatic heterocycles. The average molecular weight is 263 g/mol. The van der Waals surface area contributed by atoms with Crippen LogP contribution in [-0.4, -0.2) is 37.0 Å². The molecule has 4 unspecified atom stereocenters. The zero-order valence-corrected chi connectivity index (χ0v) is 12.6. The molecule has 1 aliphatic carbocycles. The van der Waals surface area contributed by atoms with E-state index in [1.165, 1.54) is 0 Å². The van der Waals surface area contributed by atoms with Gasteiger partial charge in [-0.05, 0) is 44.9 Å². The van der Waals surface area contributed by atoms with Crippen LogP contribution in [-0.2, 0) is 4.74 Å². The van der Waals surface area contributed by atoms with Crippen LogP contribution in [0, 0.1) is 11.8 Å². The monoisotopic (exact) mass is 263 g/mol. The van der Waals surface area contributed by atoms with E-state index in [0.29, 0.717) is 11.8 Å². The van der Waals surface area contributed by atoms with Crippen LogP contribution in [0.15, 0.2) is 0 Å². The normalized spacial score (nSPS) is 36.1. The van der Waals surface area contributed by atoms with E-state index in [9.17, 15) is 4.79 Å². The van der Waals surface area contributed by atoms with Crippen LogP contribution in [0.4, 0.5) is 4.79 Å². The quantitative estimate of drug-likeness (QED) is 0.715. The van der Waals surface area contributed by atoms with E-state index in [0.717, 1.165) is 25.7 Å². The van der Waals surface area contributed by atoms with Crippen molar-refractivity contribution in [2.45, 2.75) is 77.4 Å². The summed E-state index contributed by atoms with van der Waals surface area (Å²) in [5.74, 6) is 1.48. The summed E-state index contributed by atoms with van der Waals surface area (Å²) in [6, 6.07) is 0.427. The molecule has 1 saturated carbocycles. The van der Waals surface area contributed by atoms with Gasteiger partial charge in [-0.2, -0.15) is 0 Å². The third-order valence-corrected chi connectivity index (χ3v) is 4.72. The molecule has 0 aromatic heterocycles. The molecule has 4 heteroatoms. The molecule has 3 nitrogen and oxygen atoms in total. The van der Waals surface area contributed by atoms with Gasteiger partial charge < -0.3 is 4.74 Å². The largest absolute Gasteiger partial charge is 0.444 e. The highest BCUT2D eigenvalue weighted by Crippen LogP contribution is 2.38. The van der Waals surface area contributed by atoms with Gasteiger partial charge in [0.25, 0.3) is 0 Å². The average Bonchev–Trinajstić information content (AvgIpc) is 2.57. The van der Waals surface area contributed by atoms with Crippen molar-refractivity contribution in [2.75, 3.05) is 0 Å². The number of fused-ring (bicyclic) bond motifs is 1. The van der Waals surface area contributed by atoms with Crippen molar-refractivity contribution in [1.29, 1.82) is 0 Å². The second-order valence-electron chi connectivity index (χ2n) is 6.80. The van der Waals surface area contributed by atoms with Crippen LogP contribution < -0.4 is 0 Å². The Labute approximate surface area is 118 Å². The minimum absolute atomic E-state index is 0.00184. The summed E-state index contributed by atoms with van der Waals surface area (Å²) < 4.78 is 5.55. The van der Waals surface area contributed by atoms with Gasteiger partial charge in [-0.15, -0.1) is 0 Å². The van der Waals surface area contributed by atoms with Gasteiger partial charge in [-0.3, -0.25) is 4.90 Å². The van der Waals surface area contributed by atoms with Gasteiger partial charge in [0, 0.05) is 6.04 Å². The molecule has 19 heavy (non-hydrogen) atoms. The first-order chi connectivity index (χ1) is 8.90. The SMILES string of the molecule is [B]C1CC(C(C)C)CCC2C(C1)OC(=O)N2C(C)C. The summed E-state index contributed by atoms with van der Waals surface area (Å²) in [5.41, 5.74) is 0. The van der Waals surface area contributed by atoms with Crippen molar-refractivity contribution in [3.63, 3.8) is 0 Å². The minimum atomic E-state index is -0.153. The van der Waals surface area contributed by atoms with Crippen molar-refractivity contribution >= 4 is 13.9 Å². The molecule has 0 aromatic rings. The predicted molar refractivity (Wildman–Crippen MR) is 77.3 cm³/mol. The van der Waals surface area contributed by atoms with E-state index in [1.54, 1.807) is 0 Å². The van der Waals surface area contributed by atoms with E-state index in [1.807, 2.05) is 4.90 Å². The lowest BCUT2D eigenvalue weighted by molar-refractivity contribution is 0.113. The van der Waals surface area contributed by atoms with Crippen LogP contribution in [0.5, 0.6) is 0 Å². The number of rotatable bonds is 2. The summed E-state index contributed by atoms with van der Waals surface area (Å²) in [7, 11) is 6.25. The van der Waals surface area contributed by atoms with Crippen molar-refractivity contribution in [2.24, 2.45) is 11.8 Å². The molecule has 1 saturated heterocycles. The van der Waals surface area contributed by atoms with Gasteiger partial charge in [0.15, 0.2) is 0 Å². The molecule has 106 valence electrons. The van der Waals surface area contributed by atoms with Crippen molar-refractivity contribution in [1.82, 2.24) is 4.90 Å². The Bertz CT molecular complexity index is 332. The van der Waals surface area contributed by atoms with Crippen molar-refractivity contribution in [3.8, 4) is 0 Å².